The van der Waals surface area contributed by atoms with E-state index in [4.69, 9.17) is 17.3 Å². The lowest BCUT2D eigenvalue weighted by atomic mass is 10.0. The minimum atomic E-state index is -4.39. The van der Waals surface area contributed by atoms with Gasteiger partial charge in [-0.05, 0) is 35.9 Å². The van der Waals surface area contributed by atoms with E-state index < -0.39 is 17.8 Å². The fraction of sp³-hybridized carbons (Fsp3) is 0.167. The maximum atomic E-state index is 12.7. The van der Waals surface area contributed by atoms with Crippen LogP contribution in [0.25, 0.3) is 0 Å². The molecule has 1 aromatic carbocycles. The van der Waals surface area contributed by atoms with Crippen LogP contribution < -0.4 is 5.73 Å². The van der Waals surface area contributed by atoms with Gasteiger partial charge in [0.1, 0.15) is 0 Å². The second-order valence-electron chi connectivity index (χ2n) is 3.85. The number of halogens is 5. The Kier molecular flexibility index (Phi) is 4.25. The molecule has 2 aromatic rings. The number of rotatable bonds is 2. The molecule has 0 bridgehead atoms. The molecule has 0 spiro atoms. The Hall–Kier alpha value is -0.560. The molecule has 1 nitrogen and oxygen atoms in total. The second kappa shape index (κ2) is 5.44. The van der Waals surface area contributed by atoms with Crippen LogP contribution in [0.1, 0.15) is 22.0 Å². The predicted molar refractivity (Wildman–Crippen MR) is 74.5 cm³/mol. The molecule has 1 atom stereocenters. The van der Waals surface area contributed by atoms with Gasteiger partial charge in [-0.3, -0.25) is 0 Å². The van der Waals surface area contributed by atoms with Gasteiger partial charge in [0, 0.05) is 9.35 Å². The van der Waals surface area contributed by atoms with Crippen molar-refractivity contribution in [1.29, 1.82) is 0 Å². The first-order chi connectivity index (χ1) is 8.79. The van der Waals surface area contributed by atoms with E-state index >= 15 is 0 Å². The largest absolute Gasteiger partial charge is 0.416 e. The van der Waals surface area contributed by atoms with Crippen molar-refractivity contribution >= 4 is 38.9 Å². The third-order valence-corrected chi connectivity index (χ3v) is 4.60. The lowest BCUT2D eigenvalue weighted by Gasteiger charge is -2.15. The average molecular weight is 371 g/mol. The van der Waals surface area contributed by atoms with E-state index in [-0.39, 0.29) is 0 Å². The zero-order valence-corrected chi connectivity index (χ0v) is 12.5. The Labute approximate surface area is 125 Å². The lowest BCUT2D eigenvalue weighted by Crippen LogP contribution is -2.13. The van der Waals surface area contributed by atoms with Crippen LogP contribution >= 0.6 is 38.9 Å². The van der Waals surface area contributed by atoms with Crippen molar-refractivity contribution in [2.24, 2.45) is 5.73 Å². The highest BCUT2D eigenvalue weighted by Crippen LogP contribution is 2.37. The van der Waals surface area contributed by atoms with Crippen molar-refractivity contribution in [3.05, 3.63) is 55.1 Å². The SMILES string of the molecule is NC(c1ccc(Cl)s1)c1cc(C(F)(F)F)ccc1Br. The van der Waals surface area contributed by atoms with Crippen LogP contribution in [0.4, 0.5) is 13.2 Å². The smallest absolute Gasteiger partial charge is 0.320 e. The first-order valence-electron chi connectivity index (χ1n) is 5.16. The molecule has 7 heteroatoms. The highest BCUT2D eigenvalue weighted by Gasteiger charge is 2.31. The number of nitrogens with two attached hydrogens (primary N) is 1. The Morgan fingerprint density at radius 3 is 2.42 bits per heavy atom. The Balaban J connectivity index is 2.44. The van der Waals surface area contributed by atoms with Crippen LogP contribution in [0.15, 0.2) is 34.8 Å². The molecule has 0 saturated carbocycles. The first-order valence-corrected chi connectivity index (χ1v) is 7.15. The van der Waals surface area contributed by atoms with E-state index in [0.29, 0.717) is 19.2 Å². The molecule has 19 heavy (non-hydrogen) atoms. The van der Waals surface area contributed by atoms with Crippen molar-refractivity contribution in [1.82, 2.24) is 0 Å². The quantitative estimate of drug-likeness (QED) is 0.769. The van der Waals surface area contributed by atoms with Gasteiger partial charge in [-0.1, -0.05) is 27.5 Å². The molecule has 0 aliphatic carbocycles. The molecule has 1 unspecified atom stereocenters. The molecule has 0 amide bonds. The molecule has 102 valence electrons. The van der Waals surface area contributed by atoms with Gasteiger partial charge in [-0.2, -0.15) is 13.2 Å². The molecule has 0 saturated heterocycles. The average Bonchev–Trinajstić information content (AvgIpc) is 2.74. The lowest BCUT2D eigenvalue weighted by molar-refractivity contribution is -0.137. The second-order valence-corrected chi connectivity index (χ2v) is 6.45. The Morgan fingerprint density at radius 1 is 1.21 bits per heavy atom. The standard InChI is InChI=1S/C12H8BrClF3NS/c13-8-2-1-6(12(15,16)17)5-7(8)11(18)9-3-4-10(14)19-9/h1-5,11H,18H2. The summed E-state index contributed by atoms with van der Waals surface area (Å²) in [5.41, 5.74) is 5.66. The minimum Gasteiger partial charge on any atom is -0.320 e. The van der Waals surface area contributed by atoms with Gasteiger partial charge in [0.15, 0.2) is 0 Å². The fourth-order valence-corrected chi connectivity index (χ4v) is 3.18. The maximum absolute atomic E-state index is 12.7. The van der Waals surface area contributed by atoms with E-state index in [1.165, 1.54) is 17.4 Å². The Morgan fingerprint density at radius 2 is 1.89 bits per heavy atom. The summed E-state index contributed by atoms with van der Waals surface area (Å²) in [6, 6.07) is 6.17. The number of hydrogen-bond acceptors (Lipinski definition) is 2. The van der Waals surface area contributed by atoms with Gasteiger partial charge in [-0.25, -0.2) is 0 Å². The van der Waals surface area contributed by atoms with Gasteiger partial charge < -0.3 is 5.73 Å². The summed E-state index contributed by atoms with van der Waals surface area (Å²) in [4.78, 5) is 0.713. The van der Waals surface area contributed by atoms with E-state index in [9.17, 15) is 13.2 Å². The molecule has 0 aliphatic heterocycles. The van der Waals surface area contributed by atoms with Gasteiger partial charge in [0.05, 0.1) is 15.9 Å². The molecule has 2 rings (SSSR count). The molecular formula is C12H8BrClF3NS. The van der Waals surface area contributed by atoms with Crippen molar-refractivity contribution in [3.63, 3.8) is 0 Å². The number of thiophene rings is 1. The summed E-state index contributed by atoms with van der Waals surface area (Å²) in [5, 5.41) is 0. The maximum Gasteiger partial charge on any atom is 0.416 e. The van der Waals surface area contributed by atoms with Crippen molar-refractivity contribution in [2.45, 2.75) is 12.2 Å². The summed E-state index contributed by atoms with van der Waals surface area (Å²) in [7, 11) is 0. The third kappa shape index (κ3) is 3.31. The number of alkyl halides is 3. The molecule has 2 N–H and O–H groups in total. The normalized spacial score (nSPS) is 13.6. The highest BCUT2D eigenvalue weighted by atomic mass is 79.9. The highest BCUT2D eigenvalue weighted by molar-refractivity contribution is 9.10. The third-order valence-electron chi connectivity index (χ3n) is 2.56. The van der Waals surface area contributed by atoms with Crippen LogP contribution in [0.2, 0.25) is 4.34 Å². The zero-order chi connectivity index (χ0) is 14.2. The van der Waals surface area contributed by atoms with Crippen molar-refractivity contribution in [2.75, 3.05) is 0 Å². The van der Waals surface area contributed by atoms with Crippen molar-refractivity contribution < 1.29 is 13.2 Å². The number of hydrogen-bond donors (Lipinski definition) is 1. The van der Waals surface area contributed by atoms with Crippen molar-refractivity contribution in [3.8, 4) is 0 Å². The summed E-state index contributed by atoms with van der Waals surface area (Å²) >= 11 is 10.3. The van der Waals surface area contributed by atoms with E-state index in [2.05, 4.69) is 15.9 Å². The zero-order valence-electron chi connectivity index (χ0n) is 9.34. The molecular weight excluding hydrogens is 363 g/mol. The predicted octanol–water partition coefficient (Wildman–Crippen LogP) is 5.23. The van der Waals surface area contributed by atoms with E-state index in [0.717, 1.165) is 12.1 Å². The fourth-order valence-electron chi connectivity index (χ4n) is 1.61. The van der Waals surface area contributed by atoms with Gasteiger partial charge >= 0.3 is 6.18 Å². The van der Waals surface area contributed by atoms with Crippen LogP contribution in [0, 0.1) is 0 Å². The summed E-state index contributed by atoms with van der Waals surface area (Å²) in [6.07, 6.45) is -4.39. The van der Waals surface area contributed by atoms with Gasteiger partial charge in [0.25, 0.3) is 0 Å². The van der Waals surface area contributed by atoms with Gasteiger partial charge in [0.2, 0.25) is 0 Å². The van der Waals surface area contributed by atoms with Gasteiger partial charge in [-0.15, -0.1) is 11.3 Å². The molecule has 1 heterocycles. The van der Waals surface area contributed by atoms with Crippen LogP contribution in [-0.2, 0) is 6.18 Å². The van der Waals surface area contributed by atoms with E-state index in [1.807, 2.05) is 0 Å². The first kappa shape index (κ1) is 14.8. The topological polar surface area (TPSA) is 26.0 Å². The monoisotopic (exact) mass is 369 g/mol. The molecule has 1 aromatic heterocycles. The molecule has 0 fully saturated rings. The van der Waals surface area contributed by atoms with Crippen LogP contribution in [0.5, 0.6) is 0 Å². The summed E-state index contributed by atoms with van der Waals surface area (Å²) < 4.78 is 39.2. The molecule has 0 radical (unpaired) electrons. The molecule has 0 aliphatic rings. The minimum absolute atomic E-state index is 0.383. The van der Waals surface area contributed by atoms with E-state index in [1.54, 1.807) is 12.1 Å². The summed E-state index contributed by atoms with van der Waals surface area (Å²) in [5.74, 6) is 0. The van der Waals surface area contributed by atoms with Crippen LogP contribution in [0.3, 0.4) is 0 Å². The number of benzene rings is 1. The Bertz CT molecular complexity index is 597. The van der Waals surface area contributed by atoms with Crippen LogP contribution in [-0.4, -0.2) is 0 Å². The summed E-state index contributed by atoms with van der Waals surface area (Å²) in [6.45, 7) is 0.